The lowest BCUT2D eigenvalue weighted by atomic mass is 9.70. The predicted octanol–water partition coefficient (Wildman–Crippen LogP) is 5.59. The van der Waals surface area contributed by atoms with Gasteiger partial charge in [-0.25, -0.2) is 9.07 Å². The molecule has 0 amide bonds. The summed E-state index contributed by atoms with van der Waals surface area (Å²) in [4.78, 5) is 0. The highest BCUT2D eigenvalue weighted by atomic mass is 35.5. The first-order valence-corrected chi connectivity index (χ1v) is 9.73. The fraction of sp³-hybridized carbons (Fsp3) is 0.476. The topological polar surface area (TPSA) is 42.5 Å². The van der Waals surface area contributed by atoms with Crippen LogP contribution in [0.1, 0.15) is 51.3 Å². The maximum Gasteiger partial charge on any atom is 0.142 e. The molecule has 2 atom stereocenters. The Morgan fingerprint density at radius 2 is 1.96 bits per heavy atom. The van der Waals surface area contributed by atoms with Crippen molar-refractivity contribution in [2.24, 2.45) is 27.0 Å². The Hall–Kier alpha value is -2.01. The number of hydrogen-bond donors (Lipinski definition) is 0. The quantitative estimate of drug-likeness (QED) is 0.500. The van der Waals surface area contributed by atoms with Gasteiger partial charge in [-0.15, -0.1) is 0 Å². The molecule has 0 unspecified atom stereocenters. The SMILES string of the molecule is Cc1nn(-c2ccc(F)cc2)c(Cl)c1/C=N\N=C1\C[C@H]2CC[C@]1(C)C2(C)C. The van der Waals surface area contributed by atoms with Gasteiger partial charge in [-0.3, -0.25) is 0 Å². The van der Waals surface area contributed by atoms with Gasteiger partial charge in [0.15, 0.2) is 0 Å². The summed E-state index contributed by atoms with van der Waals surface area (Å²) >= 11 is 6.50. The third-order valence-electron chi connectivity index (χ3n) is 7.00. The van der Waals surface area contributed by atoms with Crippen molar-refractivity contribution in [2.45, 2.75) is 47.0 Å². The molecule has 4 rings (SSSR count). The Labute approximate surface area is 164 Å². The Kier molecular flexibility index (Phi) is 4.26. The van der Waals surface area contributed by atoms with Gasteiger partial charge in [-0.1, -0.05) is 32.4 Å². The number of aromatic nitrogens is 2. The number of fused-ring (bicyclic) bond motifs is 2. The van der Waals surface area contributed by atoms with Crippen LogP contribution < -0.4 is 0 Å². The van der Waals surface area contributed by atoms with Crippen LogP contribution in [-0.2, 0) is 0 Å². The summed E-state index contributed by atoms with van der Waals surface area (Å²) in [5.41, 5.74) is 3.80. The fourth-order valence-corrected chi connectivity index (χ4v) is 4.97. The maximum atomic E-state index is 13.2. The van der Waals surface area contributed by atoms with Gasteiger partial charge in [0, 0.05) is 11.1 Å². The van der Waals surface area contributed by atoms with Gasteiger partial charge in [0.2, 0.25) is 0 Å². The second-order valence-electron chi connectivity index (χ2n) is 8.46. The van der Waals surface area contributed by atoms with Crippen molar-refractivity contribution in [3.8, 4) is 5.69 Å². The van der Waals surface area contributed by atoms with E-state index in [2.05, 4.69) is 36.1 Å². The normalized spacial score (nSPS) is 27.9. The molecule has 0 radical (unpaired) electrons. The summed E-state index contributed by atoms with van der Waals surface area (Å²) in [7, 11) is 0. The van der Waals surface area contributed by atoms with Crippen molar-refractivity contribution in [1.82, 2.24) is 9.78 Å². The molecule has 142 valence electrons. The van der Waals surface area contributed by atoms with Crippen LogP contribution in [0.5, 0.6) is 0 Å². The molecular weight excluding hydrogens is 363 g/mol. The van der Waals surface area contributed by atoms with Crippen molar-refractivity contribution in [3.05, 3.63) is 46.5 Å². The van der Waals surface area contributed by atoms with E-state index in [9.17, 15) is 4.39 Å². The maximum absolute atomic E-state index is 13.2. The summed E-state index contributed by atoms with van der Waals surface area (Å²) in [6.07, 6.45) is 5.17. The van der Waals surface area contributed by atoms with Crippen LogP contribution >= 0.6 is 11.6 Å². The van der Waals surface area contributed by atoms with Crippen LogP contribution in [0.25, 0.3) is 5.69 Å². The third kappa shape index (κ3) is 2.75. The van der Waals surface area contributed by atoms with Crippen LogP contribution in [0.3, 0.4) is 0 Å². The molecular formula is C21H24ClFN4. The number of halogens is 2. The molecule has 4 nitrogen and oxygen atoms in total. The molecule has 2 aromatic rings. The molecule has 0 spiro atoms. The van der Waals surface area contributed by atoms with Crippen LogP contribution in [0, 0.1) is 29.5 Å². The lowest BCUT2D eigenvalue weighted by Crippen LogP contribution is -2.32. The van der Waals surface area contributed by atoms with Gasteiger partial charge < -0.3 is 0 Å². The average molecular weight is 387 g/mol. The molecule has 0 N–H and O–H groups in total. The van der Waals surface area contributed by atoms with Gasteiger partial charge in [-0.05, 0) is 61.8 Å². The van der Waals surface area contributed by atoms with E-state index in [0.717, 1.165) is 17.7 Å². The van der Waals surface area contributed by atoms with E-state index in [0.29, 0.717) is 16.8 Å². The largest absolute Gasteiger partial charge is 0.221 e. The summed E-state index contributed by atoms with van der Waals surface area (Å²) in [5.74, 6) is 0.404. The second-order valence-corrected chi connectivity index (χ2v) is 8.82. The Bertz CT molecular complexity index is 942. The van der Waals surface area contributed by atoms with Gasteiger partial charge in [0.05, 0.1) is 23.2 Å². The lowest BCUT2D eigenvalue weighted by Gasteiger charge is -2.34. The first-order valence-electron chi connectivity index (χ1n) is 9.35. The smallest absolute Gasteiger partial charge is 0.142 e. The monoisotopic (exact) mass is 386 g/mol. The van der Waals surface area contributed by atoms with Crippen molar-refractivity contribution in [2.75, 3.05) is 0 Å². The van der Waals surface area contributed by atoms with Gasteiger partial charge in [-0.2, -0.15) is 15.3 Å². The van der Waals surface area contributed by atoms with Crippen molar-refractivity contribution >= 4 is 23.5 Å². The van der Waals surface area contributed by atoms with Crippen LogP contribution in [0.15, 0.2) is 34.5 Å². The van der Waals surface area contributed by atoms with E-state index >= 15 is 0 Å². The summed E-state index contributed by atoms with van der Waals surface area (Å²) in [6, 6.07) is 6.07. The minimum atomic E-state index is -0.293. The number of rotatable bonds is 3. The molecule has 1 aromatic carbocycles. The summed E-state index contributed by atoms with van der Waals surface area (Å²) < 4.78 is 14.7. The minimum Gasteiger partial charge on any atom is -0.221 e. The molecule has 2 aliphatic carbocycles. The predicted molar refractivity (Wildman–Crippen MR) is 108 cm³/mol. The average Bonchev–Trinajstić information content (AvgIpc) is 3.10. The summed E-state index contributed by atoms with van der Waals surface area (Å²) in [6.45, 7) is 8.90. The molecule has 2 aliphatic rings. The lowest BCUT2D eigenvalue weighted by molar-refractivity contribution is 0.194. The van der Waals surface area contributed by atoms with Gasteiger partial charge in [0.1, 0.15) is 11.0 Å². The highest BCUT2D eigenvalue weighted by Gasteiger charge is 2.59. The van der Waals surface area contributed by atoms with Crippen LogP contribution in [-0.4, -0.2) is 21.7 Å². The number of aryl methyl sites for hydroxylation is 1. The minimum absolute atomic E-state index is 0.131. The van der Waals surface area contributed by atoms with E-state index in [-0.39, 0.29) is 16.6 Å². The standard InChI is InChI=1S/C21H24ClFN4/c1-13-17(19(22)27(26-13)16-7-5-15(23)6-8-16)12-24-25-18-11-14-9-10-21(18,4)20(14,2)3/h5-8,12,14H,9-11H2,1-4H3/b24-12-,25-18-/t14-,21+/m1/s1. The number of benzene rings is 1. The molecule has 1 aromatic heterocycles. The highest BCUT2D eigenvalue weighted by Crippen LogP contribution is 2.64. The molecule has 6 heteroatoms. The van der Waals surface area contributed by atoms with Crippen LogP contribution in [0.2, 0.25) is 5.15 Å². The van der Waals surface area contributed by atoms with E-state index < -0.39 is 0 Å². The zero-order valence-corrected chi connectivity index (χ0v) is 16.9. The van der Waals surface area contributed by atoms with E-state index in [1.165, 1.54) is 30.7 Å². The molecule has 1 heterocycles. The molecule has 2 saturated carbocycles. The molecule has 0 saturated heterocycles. The number of nitrogens with zero attached hydrogens (tertiary/aromatic N) is 4. The van der Waals surface area contributed by atoms with E-state index in [4.69, 9.17) is 11.6 Å². The first kappa shape index (κ1) is 18.4. The number of hydrogen-bond acceptors (Lipinski definition) is 3. The zero-order valence-electron chi connectivity index (χ0n) is 16.1. The van der Waals surface area contributed by atoms with E-state index in [1.807, 2.05) is 6.92 Å². The van der Waals surface area contributed by atoms with Crippen LogP contribution in [0.4, 0.5) is 4.39 Å². The molecule has 2 fully saturated rings. The van der Waals surface area contributed by atoms with Crippen molar-refractivity contribution in [3.63, 3.8) is 0 Å². The molecule has 27 heavy (non-hydrogen) atoms. The molecule has 2 bridgehead atoms. The first-order chi connectivity index (χ1) is 12.7. The van der Waals surface area contributed by atoms with Gasteiger partial charge in [0.25, 0.3) is 0 Å². The van der Waals surface area contributed by atoms with E-state index in [1.54, 1.807) is 23.0 Å². The Balaban J connectivity index is 1.62. The van der Waals surface area contributed by atoms with Crippen molar-refractivity contribution < 1.29 is 4.39 Å². The third-order valence-corrected chi connectivity index (χ3v) is 7.36. The zero-order chi connectivity index (χ0) is 19.4. The fourth-order valence-electron chi connectivity index (χ4n) is 4.65. The highest BCUT2D eigenvalue weighted by molar-refractivity contribution is 6.32. The molecule has 0 aliphatic heterocycles. The van der Waals surface area contributed by atoms with Gasteiger partial charge >= 0.3 is 0 Å². The second kappa shape index (κ2) is 6.26. The Morgan fingerprint density at radius 1 is 1.26 bits per heavy atom. The summed E-state index contributed by atoms with van der Waals surface area (Å²) in [5, 5.41) is 13.9. The Morgan fingerprint density at radius 3 is 2.56 bits per heavy atom. The van der Waals surface area contributed by atoms with Crippen molar-refractivity contribution in [1.29, 1.82) is 0 Å².